The van der Waals surface area contributed by atoms with Gasteiger partial charge in [0.15, 0.2) is 29.0 Å². The summed E-state index contributed by atoms with van der Waals surface area (Å²) in [5.74, 6) is -6.81. The third-order valence-corrected chi connectivity index (χ3v) is 6.98. The minimum absolute atomic E-state index is 0. The van der Waals surface area contributed by atoms with E-state index in [4.69, 9.17) is 4.74 Å². The zero-order valence-corrected chi connectivity index (χ0v) is 19.7. The lowest BCUT2D eigenvalue weighted by molar-refractivity contribution is 0.303. The van der Waals surface area contributed by atoms with E-state index in [0.29, 0.717) is 23.6 Å². The topological polar surface area (TPSA) is 9.23 Å². The molecule has 3 aromatic rings. The van der Waals surface area contributed by atoms with Crippen LogP contribution in [0.3, 0.4) is 0 Å². The Morgan fingerprint density at radius 1 is 0.750 bits per heavy atom. The van der Waals surface area contributed by atoms with Crippen LogP contribution in [-0.2, 0) is 0 Å². The van der Waals surface area contributed by atoms with Crippen molar-refractivity contribution in [3.8, 4) is 22.6 Å². The molecule has 0 unspecified atom stereocenters. The van der Waals surface area contributed by atoms with Crippen molar-refractivity contribution < 1.29 is 26.7 Å². The Balaban J connectivity index is 0.00000361. The van der Waals surface area contributed by atoms with Gasteiger partial charge in [-0.1, -0.05) is 64.3 Å². The van der Waals surface area contributed by atoms with Gasteiger partial charge in [-0.25, -0.2) is 17.6 Å². The third kappa shape index (κ3) is 6.26. The minimum atomic E-state index is -1.66. The standard InChI is InChI=1S/C29H29F5O.CH4/c1-2-3-4-5-18-6-8-19(9-7-18)20-10-12-21(13-11-20)23-14-15-24(30)28(34)29(23)35-22-16-25(31)27(33)26(32)17-22;/h10-19H,2-9H2,1H3;1H4. The summed E-state index contributed by atoms with van der Waals surface area (Å²) in [6.07, 6.45) is 9.86. The summed E-state index contributed by atoms with van der Waals surface area (Å²) in [6, 6.07) is 11.1. The number of hydrogen-bond acceptors (Lipinski definition) is 1. The molecule has 4 rings (SSSR count). The normalized spacial score (nSPS) is 17.5. The van der Waals surface area contributed by atoms with E-state index in [-0.39, 0.29) is 13.0 Å². The summed E-state index contributed by atoms with van der Waals surface area (Å²) >= 11 is 0. The van der Waals surface area contributed by atoms with Crippen LogP contribution in [0, 0.1) is 35.0 Å². The summed E-state index contributed by atoms with van der Waals surface area (Å²) in [6.45, 7) is 2.22. The van der Waals surface area contributed by atoms with E-state index in [0.717, 1.165) is 24.8 Å². The van der Waals surface area contributed by atoms with Crippen LogP contribution in [0.4, 0.5) is 22.0 Å². The van der Waals surface area contributed by atoms with Crippen LogP contribution in [0.1, 0.15) is 77.2 Å². The van der Waals surface area contributed by atoms with E-state index in [1.165, 1.54) is 50.2 Å². The highest BCUT2D eigenvalue weighted by atomic mass is 19.2. The van der Waals surface area contributed by atoms with Crippen LogP contribution in [-0.4, -0.2) is 0 Å². The van der Waals surface area contributed by atoms with E-state index >= 15 is 0 Å². The second-order valence-corrected chi connectivity index (χ2v) is 9.38. The maximum atomic E-state index is 14.7. The lowest BCUT2D eigenvalue weighted by Crippen LogP contribution is -2.13. The molecule has 0 amide bonds. The van der Waals surface area contributed by atoms with Gasteiger partial charge in [0.1, 0.15) is 5.75 Å². The van der Waals surface area contributed by atoms with Gasteiger partial charge in [0.2, 0.25) is 5.82 Å². The predicted molar refractivity (Wildman–Crippen MR) is 134 cm³/mol. The molecule has 36 heavy (non-hydrogen) atoms. The molecule has 1 nitrogen and oxygen atoms in total. The second-order valence-electron chi connectivity index (χ2n) is 9.38. The highest BCUT2D eigenvalue weighted by molar-refractivity contribution is 5.71. The molecule has 194 valence electrons. The number of ether oxygens (including phenoxy) is 1. The molecule has 0 bridgehead atoms. The van der Waals surface area contributed by atoms with Crippen molar-refractivity contribution in [1.29, 1.82) is 0 Å². The van der Waals surface area contributed by atoms with E-state index in [1.54, 1.807) is 0 Å². The molecule has 1 aliphatic rings. The molecular weight excluding hydrogens is 471 g/mol. The van der Waals surface area contributed by atoms with Gasteiger partial charge in [-0.3, -0.25) is 0 Å². The van der Waals surface area contributed by atoms with Crippen LogP contribution in [0.15, 0.2) is 48.5 Å². The number of rotatable bonds is 8. The Hall–Kier alpha value is -2.89. The fourth-order valence-electron chi connectivity index (χ4n) is 4.97. The first kappa shape index (κ1) is 27.7. The van der Waals surface area contributed by atoms with Gasteiger partial charge in [-0.05, 0) is 60.8 Å². The molecule has 3 aromatic carbocycles. The average molecular weight is 505 g/mol. The van der Waals surface area contributed by atoms with Gasteiger partial charge in [0, 0.05) is 17.7 Å². The fraction of sp³-hybridized carbons (Fsp3) is 0.400. The van der Waals surface area contributed by atoms with Crippen LogP contribution >= 0.6 is 0 Å². The second kappa shape index (κ2) is 12.4. The molecule has 0 aromatic heterocycles. The van der Waals surface area contributed by atoms with Crippen LogP contribution in [0.25, 0.3) is 11.1 Å². The highest BCUT2D eigenvalue weighted by Gasteiger charge is 2.23. The summed E-state index contributed by atoms with van der Waals surface area (Å²) in [7, 11) is 0. The molecule has 1 aliphatic carbocycles. The summed E-state index contributed by atoms with van der Waals surface area (Å²) < 4.78 is 74.5. The number of benzene rings is 3. The highest BCUT2D eigenvalue weighted by Crippen LogP contribution is 2.40. The van der Waals surface area contributed by atoms with E-state index in [1.807, 2.05) is 24.3 Å². The van der Waals surface area contributed by atoms with Crippen molar-refractivity contribution in [2.24, 2.45) is 5.92 Å². The van der Waals surface area contributed by atoms with Crippen molar-refractivity contribution in [3.05, 3.63) is 83.2 Å². The lowest BCUT2D eigenvalue weighted by Gasteiger charge is -2.29. The van der Waals surface area contributed by atoms with Crippen molar-refractivity contribution in [3.63, 3.8) is 0 Å². The van der Waals surface area contributed by atoms with Gasteiger partial charge in [-0.15, -0.1) is 0 Å². The Morgan fingerprint density at radius 2 is 1.39 bits per heavy atom. The maximum Gasteiger partial charge on any atom is 0.201 e. The molecule has 0 heterocycles. The minimum Gasteiger partial charge on any atom is -0.453 e. The van der Waals surface area contributed by atoms with Crippen LogP contribution in [0.2, 0.25) is 0 Å². The van der Waals surface area contributed by atoms with Gasteiger partial charge in [-0.2, -0.15) is 4.39 Å². The monoisotopic (exact) mass is 504 g/mol. The van der Waals surface area contributed by atoms with Crippen molar-refractivity contribution >= 4 is 0 Å². The van der Waals surface area contributed by atoms with Gasteiger partial charge < -0.3 is 4.74 Å². The zero-order valence-electron chi connectivity index (χ0n) is 19.7. The first-order chi connectivity index (χ1) is 16.9. The molecule has 0 N–H and O–H groups in total. The Kier molecular flexibility index (Phi) is 9.52. The maximum absolute atomic E-state index is 14.7. The Bertz CT molecular complexity index is 1130. The number of unbranched alkanes of at least 4 members (excludes halogenated alkanes) is 2. The van der Waals surface area contributed by atoms with Crippen molar-refractivity contribution in [1.82, 2.24) is 0 Å². The first-order valence-corrected chi connectivity index (χ1v) is 12.3. The van der Waals surface area contributed by atoms with Gasteiger partial charge in [0.05, 0.1) is 0 Å². The van der Waals surface area contributed by atoms with Crippen molar-refractivity contribution in [2.75, 3.05) is 0 Å². The molecule has 0 radical (unpaired) electrons. The number of hydrogen-bond donors (Lipinski definition) is 0. The quantitative estimate of drug-likeness (QED) is 0.168. The smallest absolute Gasteiger partial charge is 0.201 e. The Labute approximate surface area is 210 Å². The average Bonchev–Trinajstić information content (AvgIpc) is 2.86. The van der Waals surface area contributed by atoms with E-state index in [2.05, 4.69) is 6.92 Å². The summed E-state index contributed by atoms with van der Waals surface area (Å²) in [5, 5.41) is 0. The Morgan fingerprint density at radius 3 is 2.00 bits per heavy atom. The summed E-state index contributed by atoms with van der Waals surface area (Å²) in [4.78, 5) is 0. The number of halogens is 5. The fourth-order valence-corrected chi connectivity index (χ4v) is 4.97. The third-order valence-electron chi connectivity index (χ3n) is 6.98. The van der Waals surface area contributed by atoms with Crippen LogP contribution < -0.4 is 4.74 Å². The molecule has 0 spiro atoms. The zero-order chi connectivity index (χ0) is 24.9. The molecular formula is C30H33F5O. The summed E-state index contributed by atoms with van der Waals surface area (Å²) in [5.41, 5.74) is 1.99. The molecule has 6 heteroatoms. The van der Waals surface area contributed by atoms with E-state index < -0.39 is 40.6 Å². The molecule has 0 aliphatic heterocycles. The van der Waals surface area contributed by atoms with E-state index in [9.17, 15) is 22.0 Å². The predicted octanol–water partition coefficient (Wildman–Crippen LogP) is 10.3. The molecule has 1 fully saturated rings. The first-order valence-electron chi connectivity index (χ1n) is 12.3. The van der Waals surface area contributed by atoms with Gasteiger partial charge >= 0.3 is 0 Å². The van der Waals surface area contributed by atoms with Gasteiger partial charge in [0.25, 0.3) is 0 Å². The van der Waals surface area contributed by atoms with Crippen LogP contribution in [0.5, 0.6) is 11.5 Å². The molecule has 0 atom stereocenters. The lowest BCUT2D eigenvalue weighted by atomic mass is 9.77. The largest absolute Gasteiger partial charge is 0.453 e. The SMILES string of the molecule is C.CCCCCC1CCC(c2ccc(-c3ccc(F)c(F)c3Oc3cc(F)c(F)c(F)c3)cc2)CC1. The molecule has 0 saturated heterocycles. The molecule has 1 saturated carbocycles. The van der Waals surface area contributed by atoms with Crippen molar-refractivity contribution in [2.45, 2.75) is 71.6 Å².